The first-order valence-corrected chi connectivity index (χ1v) is 8.97. The number of hydrogen-bond donors (Lipinski definition) is 3. The molecule has 1 aromatic heterocycles. The summed E-state index contributed by atoms with van der Waals surface area (Å²) in [5.41, 5.74) is 0.521. The van der Waals surface area contributed by atoms with Gasteiger partial charge in [-0.15, -0.1) is 0 Å². The van der Waals surface area contributed by atoms with Crippen molar-refractivity contribution in [1.82, 2.24) is 19.6 Å². The number of amides is 1. The number of hydrogen-bond acceptors (Lipinski definition) is 6. The first-order valence-electron chi connectivity index (χ1n) is 7.70. The third kappa shape index (κ3) is 5.28. The van der Waals surface area contributed by atoms with Gasteiger partial charge in [-0.05, 0) is 18.2 Å². The van der Waals surface area contributed by atoms with Crippen molar-refractivity contribution in [2.75, 3.05) is 26.5 Å². The van der Waals surface area contributed by atoms with E-state index in [1.54, 1.807) is 0 Å². The average molecular weight is 394 g/mol. The SMILES string of the molecule is CNC(=N)N(C)[S+]([O-])Cc1cc(NC(=O)c2cnc(OC)cn2)ccc1F. The van der Waals surface area contributed by atoms with Crippen molar-refractivity contribution in [2.24, 2.45) is 0 Å². The second kappa shape index (κ2) is 9.14. The molecule has 0 saturated heterocycles. The van der Waals surface area contributed by atoms with Crippen LogP contribution in [0.2, 0.25) is 0 Å². The molecule has 0 aliphatic rings. The Morgan fingerprint density at radius 1 is 1.41 bits per heavy atom. The van der Waals surface area contributed by atoms with Gasteiger partial charge in [0.05, 0.1) is 37.9 Å². The summed E-state index contributed by atoms with van der Waals surface area (Å²) in [5, 5.41) is 12.7. The van der Waals surface area contributed by atoms with Crippen molar-refractivity contribution < 1.29 is 18.5 Å². The Balaban J connectivity index is 2.11. The van der Waals surface area contributed by atoms with E-state index in [0.717, 1.165) is 0 Å². The maximum absolute atomic E-state index is 14.0. The van der Waals surface area contributed by atoms with Gasteiger partial charge in [-0.1, -0.05) is 0 Å². The molecular weight excluding hydrogens is 375 g/mol. The number of rotatable bonds is 6. The average Bonchev–Trinajstić information content (AvgIpc) is 2.69. The molecule has 1 heterocycles. The van der Waals surface area contributed by atoms with Gasteiger partial charge in [-0.25, -0.2) is 14.4 Å². The molecule has 27 heavy (non-hydrogen) atoms. The number of nitrogens with one attached hydrogen (secondary N) is 3. The Morgan fingerprint density at radius 3 is 2.74 bits per heavy atom. The van der Waals surface area contributed by atoms with Crippen LogP contribution in [0.1, 0.15) is 16.1 Å². The molecule has 0 aliphatic carbocycles. The summed E-state index contributed by atoms with van der Waals surface area (Å²) >= 11 is -1.66. The van der Waals surface area contributed by atoms with Gasteiger partial charge in [0.1, 0.15) is 11.5 Å². The van der Waals surface area contributed by atoms with Gasteiger partial charge in [0.2, 0.25) is 11.8 Å². The summed E-state index contributed by atoms with van der Waals surface area (Å²) in [6.07, 6.45) is 2.56. The zero-order chi connectivity index (χ0) is 20.0. The molecule has 11 heteroatoms. The lowest BCUT2D eigenvalue weighted by molar-refractivity contribution is 0.102. The predicted molar refractivity (Wildman–Crippen MR) is 99.3 cm³/mol. The third-order valence-corrected chi connectivity index (χ3v) is 4.86. The van der Waals surface area contributed by atoms with Crippen molar-refractivity contribution in [2.45, 2.75) is 5.75 Å². The fraction of sp³-hybridized carbons (Fsp3) is 0.250. The number of carbonyl (C=O) groups is 1. The number of anilines is 1. The molecule has 1 atom stereocenters. The number of aromatic nitrogens is 2. The molecule has 2 rings (SSSR count). The highest BCUT2D eigenvalue weighted by Crippen LogP contribution is 2.19. The minimum Gasteiger partial charge on any atom is -0.593 e. The number of halogens is 1. The highest BCUT2D eigenvalue weighted by molar-refractivity contribution is 7.88. The van der Waals surface area contributed by atoms with E-state index < -0.39 is 23.1 Å². The van der Waals surface area contributed by atoms with E-state index in [-0.39, 0.29) is 28.8 Å². The van der Waals surface area contributed by atoms with Crippen LogP contribution in [-0.4, -0.2) is 51.9 Å². The fourth-order valence-corrected chi connectivity index (χ4v) is 2.96. The Kier molecular flexibility index (Phi) is 6.91. The van der Waals surface area contributed by atoms with Gasteiger partial charge in [0.25, 0.3) is 5.91 Å². The van der Waals surface area contributed by atoms with Crippen LogP contribution in [0.15, 0.2) is 30.6 Å². The summed E-state index contributed by atoms with van der Waals surface area (Å²) in [4.78, 5) is 20.0. The second-order valence-electron chi connectivity index (χ2n) is 5.27. The van der Waals surface area contributed by atoms with Gasteiger partial charge in [-0.3, -0.25) is 10.2 Å². The van der Waals surface area contributed by atoms with Gasteiger partial charge >= 0.3 is 0 Å². The number of nitrogens with zero attached hydrogens (tertiary/aromatic N) is 3. The highest BCUT2D eigenvalue weighted by atomic mass is 32.2. The van der Waals surface area contributed by atoms with Gasteiger partial charge in [-0.2, -0.15) is 4.31 Å². The Labute approximate surface area is 158 Å². The lowest BCUT2D eigenvalue weighted by Gasteiger charge is -2.22. The Hall–Kier alpha value is -2.92. The van der Waals surface area contributed by atoms with E-state index in [4.69, 9.17) is 10.1 Å². The van der Waals surface area contributed by atoms with Crippen LogP contribution in [0.4, 0.5) is 10.1 Å². The van der Waals surface area contributed by atoms with Crippen LogP contribution >= 0.6 is 0 Å². The van der Waals surface area contributed by atoms with E-state index >= 15 is 0 Å². The second-order valence-corrected chi connectivity index (χ2v) is 6.75. The standard InChI is InChI=1S/C16H19FN6O3S/c1-19-16(18)23(2)27(25)9-10-6-11(4-5-12(10)17)22-15(24)13-7-21-14(26-3)8-20-13/h4-8H,9H2,1-3H3,(H2,18,19)(H,22,24). The largest absolute Gasteiger partial charge is 0.593 e. The van der Waals surface area contributed by atoms with Crippen LogP contribution in [0.25, 0.3) is 0 Å². The van der Waals surface area contributed by atoms with E-state index in [0.29, 0.717) is 5.69 Å². The van der Waals surface area contributed by atoms with Gasteiger partial charge in [0, 0.05) is 18.3 Å². The number of carbonyl (C=O) groups excluding carboxylic acids is 1. The van der Waals surface area contributed by atoms with Gasteiger partial charge in [0.15, 0.2) is 5.75 Å². The molecule has 9 nitrogen and oxygen atoms in total. The maximum atomic E-state index is 14.0. The summed E-state index contributed by atoms with van der Waals surface area (Å²) in [7, 11) is 4.42. The normalized spacial score (nSPS) is 11.4. The molecule has 0 fully saturated rings. The minimum atomic E-state index is -1.66. The number of benzene rings is 1. The monoisotopic (exact) mass is 394 g/mol. The molecule has 0 bridgehead atoms. The highest BCUT2D eigenvalue weighted by Gasteiger charge is 2.21. The maximum Gasteiger partial charge on any atom is 0.275 e. The molecule has 0 saturated carbocycles. The van der Waals surface area contributed by atoms with Crippen molar-refractivity contribution in [3.05, 3.63) is 47.7 Å². The molecule has 1 amide bonds. The molecular formula is C16H19FN6O3S. The molecule has 1 unspecified atom stereocenters. The molecule has 2 aromatic rings. The first-order chi connectivity index (χ1) is 12.8. The molecule has 0 spiro atoms. The van der Waals surface area contributed by atoms with Crippen LogP contribution in [0.5, 0.6) is 5.88 Å². The number of guanidine groups is 1. The molecule has 144 valence electrons. The summed E-state index contributed by atoms with van der Waals surface area (Å²) in [5.74, 6) is -1.03. The Morgan fingerprint density at radius 2 is 2.15 bits per heavy atom. The zero-order valence-corrected chi connectivity index (χ0v) is 15.8. The third-order valence-electron chi connectivity index (χ3n) is 3.51. The molecule has 0 aliphatic heterocycles. The van der Waals surface area contributed by atoms with Crippen molar-refractivity contribution in [3.8, 4) is 5.88 Å². The fourth-order valence-electron chi connectivity index (χ4n) is 1.99. The zero-order valence-electron chi connectivity index (χ0n) is 14.9. The van der Waals surface area contributed by atoms with E-state index in [1.807, 2.05) is 0 Å². The predicted octanol–water partition coefficient (Wildman–Crippen LogP) is 1.13. The summed E-state index contributed by atoms with van der Waals surface area (Å²) in [6.45, 7) is 0. The van der Waals surface area contributed by atoms with E-state index in [2.05, 4.69) is 20.6 Å². The van der Waals surface area contributed by atoms with Crippen LogP contribution < -0.4 is 15.4 Å². The molecule has 0 radical (unpaired) electrons. The minimum absolute atomic E-state index is 0.0590. The van der Waals surface area contributed by atoms with Crippen LogP contribution in [0.3, 0.4) is 0 Å². The molecule has 3 N–H and O–H groups in total. The van der Waals surface area contributed by atoms with Crippen molar-refractivity contribution >= 4 is 28.9 Å². The lowest BCUT2D eigenvalue weighted by Crippen LogP contribution is -2.40. The summed E-state index contributed by atoms with van der Waals surface area (Å²) < 4.78 is 32.4. The quantitative estimate of drug-likeness (QED) is 0.381. The molecule has 1 aromatic carbocycles. The number of ether oxygens (including phenoxy) is 1. The van der Waals surface area contributed by atoms with Gasteiger partial charge < -0.3 is 19.9 Å². The van der Waals surface area contributed by atoms with E-state index in [1.165, 1.54) is 56.1 Å². The van der Waals surface area contributed by atoms with Crippen molar-refractivity contribution in [3.63, 3.8) is 0 Å². The first kappa shape index (κ1) is 20.4. The Bertz CT molecular complexity index is 820. The summed E-state index contributed by atoms with van der Waals surface area (Å²) in [6, 6.07) is 3.94. The van der Waals surface area contributed by atoms with Crippen LogP contribution in [0, 0.1) is 11.2 Å². The smallest absolute Gasteiger partial charge is 0.275 e. The van der Waals surface area contributed by atoms with Crippen LogP contribution in [-0.2, 0) is 17.1 Å². The lowest BCUT2D eigenvalue weighted by atomic mass is 10.2. The topological polar surface area (TPSA) is 126 Å². The van der Waals surface area contributed by atoms with E-state index in [9.17, 15) is 13.7 Å². The van der Waals surface area contributed by atoms with Crippen molar-refractivity contribution in [1.29, 1.82) is 5.41 Å². The number of methoxy groups -OCH3 is 1.